The normalized spacial score (nSPS) is 11.4. The summed E-state index contributed by atoms with van der Waals surface area (Å²) in [5.41, 5.74) is 0.218. The van der Waals surface area contributed by atoms with E-state index in [9.17, 15) is 18.7 Å². The third-order valence-electron chi connectivity index (χ3n) is 3.42. The summed E-state index contributed by atoms with van der Waals surface area (Å²) in [6.07, 6.45) is -1.45. The second kappa shape index (κ2) is 8.76. The molecule has 1 unspecified atom stereocenters. The fourth-order valence-corrected chi connectivity index (χ4v) is 2.21. The molecule has 1 atom stereocenters. The summed E-state index contributed by atoms with van der Waals surface area (Å²) in [6, 6.07) is 11.7. The van der Waals surface area contributed by atoms with Crippen molar-refractivity contribution < 1.29 is 23.4 Å². The zero-order valence-electron chi connectivity index (χ0n) is 13.2. The van der Waals surface area contributed by atoms with Crippen LogP contribution in [-0.2, 0) is 11.2 Å². The Labute approximate surface area is 143 Å². The standard InChI is InChI=1S/C18H16F2N2O3/c19-14-2-1-3-15(20)18(14)16(23)11-22-17(24)10-12-4-6-13(7-5-12)25-9-8-21/h1-7,16,23H,9-11H2,(H,22,24). The van der Waals surface area contributed by atoms with Crippen LogP contribution in [0.4, 0.5) is 8.78 Å². The lowest BCUT2D eigenvalue weighted by atomic mass is 10.1. The van der Waals surface area contributed by atoms with Crippen LogP contribution in [0, 0.1) is 23.0 Å². The smallest absolute Gasteiger partial charge is 0.224 e. The van der Waals surface area contributed by atoms with E-state index in [0.29, 0.717) is 11.3 Å². The van der Waals surface area contributed by atoms with Crippen LogP contribution in [0.15, 0.2) is 42.5 Å². The topological polar surface area (TPSA) is 82.3 Å². The molecule has 2 aromatic rings. The number of nitriles is 1. The van der Waals surface area contributed by atoms with Crippen molar-refractivity contribution in [2.24, 2.45) is 0 Å². The summed E-state index contributed by atoms with van der Waals surface area (Å²) in [5, 5.41) is 20.7. The molecule has 0 aliphatic carbocycles. The van der Waals surface area contributed by atoms with Crippen molar-refractivity contribution in [1.29, 1.82) is 5.26 Å². The third kappa shape index (κ3) is 5.26. The molecule has 25 heavy (non-hydrogen) atoms. The monoisotopic (exact) mass is 346 g/mol. The molecule has 130 valence electrons. The van der Waals surface area contributed by atoms with Gasteiger partial charge in [0, 0.05) is 6.54 Å². The van der Waals surface area contributed by atoms with Gasteiger partial charge >= 0.3 is 0 Å². The zero-order chi connectivity index (χ0) is 18.2. The SMILES string of the molecule is N#CCOc1ccc(CC(=O)NCC(O)c2c(F)cccc2F)cc1. The van der Waals surface area contributed by atoms with E-state index in [0.717, 1.165) is 12.1 Å². The third-order valence-corrected chi connectivity index (χ3v) is 3.42. The minimum absolute atomic E-state index is 0.0327. The quantitative estimate of drug-likeness (QED) is 0.806. The van der Waals surface area contributed by atoms with Crippen LogP contribution < -0.4 is 10.1 Å². The number of nitrogens with zero attached hydrogens (tertiary/aromatic N) is 1. The van der Waals surface area contributed by atoms with Gasteiger partial charge in [-0.05, 0) is 29.8 Å². The van der Waals surface area contributed by atoms with Gasteiger partial charge < -0.3 is 15.2 Å². The molecular formula is C18H16F2N2O3. The fraction of sp³-hybridized carbons (Fsp3) is 0.222. The minimum atomic E-state index is -1.48. The molecule has 5 nitrogen and oxygen atoms in total. The van der Waals surface area contributed by atoms with E-state index in [1.165, 1.54) is 6.07 Å². The molecule has 2 aromatic carbocycles. The van der Waals surface area contributed by atoms with Crippen molar-refractivity contribution in [1.82, 2.24) is 5.32 Å². The number of carbonyl (C=O) groups excluding carboxylic acids is 1. The molecular weight excluding hydrogens is 330 g/mol. The molecule has 0 heterocycles. The van der Waals surface area contributed by atoms with Crippen LogP contribution >= 0.6 is 0 Å². The maximum absolute atomic E-state index is 13.6. The first-order valence-electron chi connectivity index (χ1n) is 7.48. The highest BCUT2D eigenvalue weighted by Crippen LogP contribution is 2.20. The molecule has 0 spiro atoms. The van der Waals surface area contributed by atoms with E-state index in [4.69, 9.17) is 10.00 Å². The number of halogens is 2. The number of aliphatic hydroxyl groups excluding tert-OH is 1. The number of hydrogen-bond donors (Lipinski definition) is 2. The second-order valence-corrected chi connectivity index (χ2v) is 5.22. The maximum Gasteiger partial charge on any atom is 0.224 e. The average molecular weight is 346 g/mol. The number of carbonyl (C=O) groups is 1. The average Bonchev–Trinajstić information content (AvgIpc) is 2.59. The number of ether oxygens (including phenoxy) is 1. The lowest BCUT2D eigenvalue weighted by Gasteiger charge is -2.14. The molecule has 1 amide bonds. The van der Waals surface area contributed by atoms with Crippen molar-refractivity contribution in [3.8, 4) is 11.8 Å². The molecule has 0 saturated heterocycles. The van der Waals surface area contributed by atoms with Crippen LogP contribution in [0.1, 0.15) is 17.2 Å². The molecule has 2 N–H and O–H groups in total. The Morgan fingerprint density at radius 3 is 2.44 bits per heavy atom. The van der Waals surface area contributed by atoms with E-state index in [-0.39, 0.29) is 19.6 Å². The van der Waals surface area contributed by atoms with Crippen molar-refractivity contribution in [3.05, 3.63) is 65.2 Å². The van der Waals surface area contributed by atoms with E-state index in [1.54, 1.807) is 24.3 Å². The van der Waals surface area contributed by atoms with Crippen LogP contribution in [0.3, 0.4) is 0 Å². The first kappa shape index (κ1) is 18.4. The van der Waals surface area contributed by atoms with Crippen molar-refractivity contribution >= 4 is 5.91 Å². The second-order valence-electron chi connectivity index (χ2n) is 5.22. The lowest BCUT2D eigenvalue weighted by molar-refractivity contribution is -0.120. The fourth-order valence-electron chi connectivity index (χ4n) is 2.21. The maximum atomic E-state index is 13.6. The van der Waals surface area contributed by atoms with Gasteiger partial charge in [-0.1, -0.05) is 18.2 Å². The predicted octanol–water partition coefficient (Wildman–Crippen LogP) is 2.26. The first-order valence-corrected chi connectivity index (χ1v) is 7.48. The Balaban J connectivity index is 1.87. The van der Waals surface area contributed by atoms with Gasteiger partial charge in [0.25, 0.3) is 0 Å². The van der Waals surface area contributed by atoms with Crippen molar-refractivity contribution in [2.45, 2.75) is 12.5 Å². The summed E-state index contributed by atoms with van der Waals surface area (Å²) in [6.45, 7) is -0.371. The number of amides is 1. The van der Waals surface area contributed by atoms with Crippen LogP contribution in [0.25, 0.3) is 0 Å². The van der Waals surface area contributed by atoms with Gasteiger partial charge in [-0.2, -0.15) is 5.26 Å². The Hall–Kier alpha value is -2.98. The van der Waals surface area contributed by atoms with Crippen molar-refractivity contribution in [3.63, 3.8) is 0 Å². The van der Waals surface area contributed by atoms with E-state index in [1.807, 2.05) is 6.07 Å². The van der Waals surface area contributed by atoms with Gasteiger partial charge in [-0.25, -0.2) is 8.78 Å². The van der Waals surface area contributed by atoms with Gasteiger partial charge in [0.15, 0.2) is 6.61 Å². The summed E-state index contributed by atoms with van der Waals surface area (Å²) in [4.78, 5) is 11.9. The number of hydrogen-bond acceptors (Lipinski definition) is 4. The summed E-state index contributed by atoms with van der Waals surface area (Å²) in [7, 11) is 0. The molecule has 7 heteroatoms. The number of nitrogens with one attached hydrogen (secondary N) is 1. The first-order chi connectivity index (χ1) is 12.0. The van der Waals surface area contributed by atoms with Crippen LogP contribution in [0.2, 0.25) is 0 Å². The Bertz CT molecular complexity index is 753. The van der Waals surface area contributed by atoms with Gasteiger partial charge in [-0.15, -0.1) is 0 Å². The lowest BCUT2D eigenvalue weighted by Crippen LogP contribution is -2.30. The summed E-state index contributed by atoms with van der Waals surface area (Å²) < 4.78 is 32.2. The Kier molecular flexibility index (Phi) is 6.43. The number of aliphatic hydroxyl groups is 1. The van der Waals surface area contributed by atoms with Gasteiger partial charge in [0.05, 0.1) is 12.0 Å². The summed E-state index contributed by atoms with van der Waals surface area (Å²) in [5.74, 6) is -1.62. The molecule has 0 aliphatic heterocycles. The number of benzene rings is 2. The zero-order valence-corrected chi connectivity index (χ0v) is 13.2. The van der Waals surface area contributed by atoms with Crippen LogP contribution in [-0.4, -0.2) is 24.2 Å². The highest BCUT2D eigenvalue weighted by atomic mass is 19.1. The molecule has 0 aromatic heterocycles. The largest absolute Gasteiger partial charge is 0.479 e. The van der Waals surface area contributed by atoms with Gasteiger partial charge in [-0.3, -0.25) is 4.79 Å². The molecule has 0 fully saturated rings. The highest BCUT2D eigenvalue weighted by Gasteiger charge is 2.18. The molecule has 0 aliphatic rings. The Morgan fingerprint density at radius 1 is 1.20 bits per heavy atom. The van der Waals surface area contributed by atoms with E-state index >= 15 is 0 Å². The van der Waals surface area contributed by atoms with E-state index in [2.05, 4.69) is 5.32 Å². The summed E-state index contributed by atoms with van der Waals surface area (Å²) >= 11 is 0. The molecule has 0 bridgehead atoms. The molecule has 0 saturated carbocycles. The highest BCUT2D eigenvalue weighted by molar-refractivity contribution is 5.78. The van der Waals surface area contributed by atoms with Crippen molar-refractivity contribution in [2.75, 3.05) is 13.2 Å². The number of rotatable bonds is 7. The predicted molar refractivity (Wildman–Crippen MR) is 85.6 cm³/mol. The van der Waals surface area contributed by atoms with Gasteiger partial charge in [0.2, 0.25) is 5.91 Å². The van der Waals surface area contributed by atoms with E-state index < -0.39 is 29.2 Å². The van der Waals surface area contributed by atoms with Gasteiger partial charge in [0.1, 0.15) is 29.6 Å². The molecule has 2 rings (SSSR count). The van der Waals surface area contributed by atoms with Crippen LogP contribution in [0.5, 0.6) is 5.75 Å². The minimum Gasteiger partial charge on any atom is -0.479 e. The Morgan fingerprint density at radius 2 is 1.84 bits per heavy atom. The molecule has 0 radical (unpaired) electrons.